The van der Waals surface area contributed by atoms with Crippen LogP contribution in [0.25, 0.3) is 10.8 Å². The molecule has 1 unspecified atom stereocenters. The van der Waals surface area contributed by atoms with Gasteiger partial charge in [-0.2, -0.15) is 15.1 Å². The first-order valence-corrected chi connectivity index (χ1v) is 17.6. The van der Waals surface area contributed by atoms with Crippen LogP contribution < -0.4 is 14.5 Å². The van der Waals surface area contributed by atoms with Gasteiger partial charge in [0.2, 0.25) is 0 Å². The predicted octanol–water partition coefficient (Wildman–Crippen LogP) is 5.62. The lowest BCUT2D eigenvalue weighted by molar-refractivity contribution is 0.0802. The Bertz CT molecular complexity index is 1920. The fraction of sp³-hybridized carbons (Fsp3) is 0.514. The minimum absolute atomic E-state index is 0.0273. The van der Waals surface area contributed by atoms with Crippen LogP contribution in [-0.4, -0.2) is 86.7 Å². The zero-order valence-electron chi connectivity index (χ0n) is 28.2. The highest BCUT2D eigenvalue weighted by Crippen LogP contribution is 2.42. The number of piperidine rings is 1. The second-order valence-corrected chi connectivity index (χ2v) is 14.3. The van der Waals surface area contributed by atoms with Crippen LogP contribution in [0, 0.1) is 18.7 Å². The predicted molar refractivity (Wildman–Crippen MR) is 183 cm³/mol. The van der Waals surface area contributed by atoms with Gasteiger partial charge < -0.3 is 19.6 Å². The van der Waals surface area contributed by atoms with E-state index >= 15 is 4.39 Å². The number of phenols is 1. The van der Waals surface area contributed by atoms with Gasteiger partial charge in [0, 0.05) is 61.5 Å². The monoisotopic (exact) mass is 671 g/mol. The molecule has 4 aliphatic rings. The van der Waals surface area contributed by atoms with Crippen molar-refractivity contribution >= 4 is 28.2 Å². The summed E-state index contributed by atoms with van der Waals surface area (Å²) >= 11 is 0. The highest BCUT2D eigenvalue weighted by Gasteiger charge is 2.49. The van der Waals surface area contributed by atoms with Crippen LogP contribution >= 0.6 is 0 Å². The molecular weight excluding hydrogens is 628 g/mol. The molecule has 3 fully saturated rings. The van der Waals surface area contributed by atoms with Gasteiger partial charge in [0.25, 0.3) is 5.91 Å². The quantitative estimate of drug-likeness (QED) is 0.269. The zero-order chi connectivity index (χ0) is 33.9. The number of carbonyl (C=O) groups excluding carboxylic acids is 1. The smallest absolute Gasteiger partial charge is 0.318 e. The van der Waals surface area contributed by atoms with E-state index in [4.69, 9.17) is 14.7 Å². The Morgan fingerprint density at radius 2 is 1.98 bits per heavy atom. The fourth-order valence-electron chi connectivity index (χ4n) is 8.74. The number of fused-ring (bicyclic) bond motifs is 3. The second-order valence-electron chi connectivity index (χ2n) is 14.3. The third kappa shape index (κ3) is 5.77. The first-order valence-electron chi connectivity index (χ1n) is 17.6. The van der Waals surface area contributed by atoms with Crippen LogP contribution in [0.5, 0.6) is 11.8 Å². The van der Waals surface area contributed by atoms with Crippen molar-refractivity contribution in [2.45, 2.75) is 77.0 Å². The molecule has 0 bridgehead atoms. The second kappa shape index (κ2) is 12.5. The number of ether oxygens (including phenoxy) is 1. The lowest BCUT2D eigenvalue weighted by atomic mass is 9.95. The number of rotatable bonds is 7. The van der Waals surface area contributed by atoms with E-state index in [1.807, 2.05) is 19.9 Å². The fourth-order valence-corrected chi connectivity index (χ4v) is 8.74. The highest BCUT2D eigenvalue weighted by atomic mass is 19.1. The first-order chi connectivity index (χ1) is 23.7. The molecule has 8 rings (SSSR count). The van der Waals surface area contributed by atoms with Crippen LogP contribution in [0.1, 0.15) is 66.3 Å². The van der Waals surface area contributed by atoms with Crippen molar-refractivity contribution in [3.63, 3.8) is 0 Å². The number of alkyl halides is 1. The molecule has 2 aromatic carbocycles. The number of hydrogen-bond acceptors (Lipinski definition) is 9. The Balaban J connectivity index is 1.15. The van der Waals surface area contributed by atoms with Gasteiger partial charge in [-0.25, -0.2) is 13.5 Å². The molecule has 0 saturated carbocycles. The van der Waals surface area contributed by atoms with Gasteiger partial charge in [-0.15, -0.1) is 0 Å². The molecule has 6 heterocycles. The number of nitrogens with zero attached hydrogens (tertiary/aromatic N) is 7. The van der Waals surface area contributed by atoms with E-state index in [9.17, 15) is 14.3 Å². The molecule has 0 spiro atoms. The number of phenolic OH excluding ortho intramolecular Hbond substituents is 1. The van der Waals surface area contributed by atoms with Crippen LogP contribution in [-0.2, 0) is 19.4 Å². The number of benzene rings is 2. The van der Waals surface area contributed by atoms with Gasteiger partial charge in [0.1, 0.15) is 30.2 Å². The van der Waals surface area contributed by atoms with Crippen molar-refractivity contribution in [3.8, 4) is 11.8 Å². The molecule has 4 aliphatic heterocycles. The Morgan fingerprint density at radius 3 is 2.80 bits per heavy atom. The third-order valence-corrected chi connectivity index (χ3v) is 11.1. The first kappa shape index (κ1) is 31.9. The molecule has 2 aromatic heterocycles. The van der Waals surface area contributed by atoms with Crippen molar-refractivity contribution in [2.24, 2.45) is 5.92 Å². The summed E-state index contributed by atoms with van der Waals surface area (Å²) in [5.74, 6) is 0.358. The van der Waals surface area contributed by atoms with Gasteiger partial charge in [-0.05, 0) is 81.1 Å². The minimum Gasteiger partial charge on any atom is -0.508 e. The lowest BCUT2D eigenvalue weighted by Gasteiger charge is -2.37. The molecule has 0 amide bonds. The summed E-state index contributed by atoms with van der Waals surface area (Å²) in [4.78, 5) is 30.0. The molecule has 0 radical (unpaired) electrons. The number of hydrogen-bond donors (Lipinski definition) is 1. The molecule has 12 heteroatoms. The number of aromatic hydroxyl groups is 1. The van der Waals surface area contributed by atoms with Gasteiger partial charge in [-0.3, -0.25) is 9.69 Å². The summed E-state index contributed by atoms with van der Waals surface area (Å²) in [6, 6.07) is 8.65. The largest absolute Gasteiger partial charge is 0.508 e. The highest BCUT2D eigenvalue weighted by molar-refractivity contribution is 5.98. The van der Waals surface area contributed by atoms with Crippen molar-refractivity contribution in [3.05, 3.63) is 64.9 Å². The van der Waals surface area contributed by atoms with Crippen LogP contribution in [0.2, 0.25) is 0 Å². The van der Waals surface area contributed by atoms with Gasteiger partial charge in [-0.1, -0.05) is 13.0 Å². The maximum Gasteiger partial charge on any atom is 0.318 e. The van der Waals surface area contributed by atoms with Crippen molar-refractivity contribution in [1.82, 2.24) is 24.6 Å². The normalized spacial score (nSPS) is 24.0. The topological polar surface area (TPSA) is 99.9 Å². The zero-order valence-corrected chi connectivity index (χ0v) is 28.2. The molecule has 3 saturated heterocycles. The van der Waals surface area contributed by atoms with Crippen LogP contribution in [0.15, 0.2) is 36.5 Å². The molecule has 10 nitrogen and oxygen atoms in total. The summed E-state index contributed by atoms with van der Waals surface area (Å²) in [6.45, 7) is 7.69. The number of aromatic nitrogens is 4. The molecule has 4 aromatic rings. The van der Waals surface area contributed by atoms with E-state index in [0.717, 1.165) is 78.0 Å². The minimum atomic E-state index is -0.867. The molecule has 49 heavy (non-hydrogen) atoms. The maximum atomic E-state index is 15.1. The standard InChI is InChI=1S/C37H43F2N7O3/c1-3-28-30(39)8-7-24-16-27(47)17-32(33(24)28)43-14-10-29-31(21-43)40-36(49-22-37-11-5-13-45(37)20-26(38)18-37)41-34(29)44-12-4-6-25(19-44)35(48)46-15-9-23(2)42-46/h7-9,15-17,25-26,47H,3-6,10-14,18-22H2,1-2H3/t25?,26-,37+/m1/s1. The summed E-state index contributed by atoms with van der Waals surface area (Å²) < 4.78 is 37.5. The van der Waals surface area contributed by atoms with Gasteiger partial charge in [0.15, 0.2) is 0 Å². The Kier molecular flexibility index (Phi) is 8.16. The molecule has 0 aliphatic carbocycles. The van der Waals surface area contributed by atoms with Crippen molar-refractivity contribution in [1.29, 1.82) is 0 Å². The van der Waals surface area contributed by atoms with Crippen molar-refractivity contribution < 1.29 is 23.4 Å². The molecular formula is C37H43F2N7O3. The average Bonchev–Trinajstić information content (AvgIpc) is 3.79. The summed E-state index contributed by atoms with van der Waals surface area (Å²) in [6.07, 6.45) is 5.92. The molecule has 3 atom stereocenters. The number of halogens is 2. The lowest BCUT2D eigenvalue weighted by Crippen LogP contribution is -2.44. The summed E-state index contributed by atoms with van der Waals surface area (Å²) in [5.41, 5.74) is 3.62. The number of carbonyl (C=O) groups is 1. The van der Waals surface area contributed by atoms with E-state index in [1.54, 1.807) is 24.4 Å². The average molecular weight is 672 g/mol. The third-order valence-electron chi connectivity index (χ3n) is 11.1. The van der Waals surface area contributed by atoms with Gasteiger partial charge >= 0.3 is 6.01 Å². The molecule has 258 valence electrons. The molecule has 1 N–H and O–H groups in total. The Hall–Kier alpha value is -4.32. The summed E-state index contributed by atoms with van der Waals surface area (Å²) in [7, 11) is 0. The number of aryl methyl sites for hydroxylation is 2. The Labute approximate surface area is 284 Å². The van der Waals surface area contributed by atoms with E-state index in [2.05, 4.69) is 19.8 Å². The van der Waals surface area contributed by atoms with Crippen LogP contribution in [0.3, 0.4) is 0 Å². The van der Waals surface area contributed by atoms with E-state index in [-0.39, 0.29) is 34.9 Å². The number of anilines is 2. The summed E-state index contributed by atoms with van der Waals surface area (Å²) in [5, 5.41) is 16.7. The van der Waals surface area contributed by atoms with E-state index < -0.39 is 6.17 Å². The SMILES string of the molecule is CCc1c(F)ccc2cc(O)cc(N3CCc4c(nc(OC[C@@]56CCCN5C[C@H](F)C6)nc4N4CCCC(C(=O)n5ccc(C)n5)C4)C3)c12. The Morgan fingerprint density at radius 1 is 1.10 bits per heavy atom. The van der Waals surface area contributed by atoms with Crippen LogP contribution in [0.4, 0.5) is 20.3 Å². The maximum absolute atomic E-state index is 15.1. The van der Waals surface area contributed by atoms with Crippen molar-refractivity contribution in [2.75, 3.05) is 49.1 Å². The van der Waals surface area contributed by atoms with E-state index in [1.165, 1.54) is 10.7 Å². The van der Waals surface area contributed by atoms with Gasteiger partial charge in [0.05, 0.1) is 29.4 Å². The van der Waals surface area contributed by atoms with E-state index in [0.29, 0.717) is 57.6 Å².